The van der Waals surface area contributed by atoms with Crippen LogP contribution in [0.4, 0.5) is 17.5 Å². The molecule has 6 heterocycles. The number of aromatic amines is 1. The number of benzene rings is 1. The second-order valence-corrected chi connectivity index (χ2v) is 9.91. The number of anilines is 3. The van der Waals surface area contributed by atoms with E-state index in [1.807, 2.05) is 49.3 Å². The summed E-state index contributed by atoms with van der Waals surface area (Å²) in [6.07, 6.45) is 1.84. The third-order valence-electron chi connectivity index (χ3n) is 7.55. The minimum absolute atomic E-state index is 0.187. The van der Waals surface area contributed by atoms with Crippen molar-refractivity contribution in [2.24, 2.45) is 5.41 Å². The highest BCUT2D eigenvalue weighted by atomic mass is 16.1. The highest BCUT2D eigenvalue weighted by Gasteiger charge is 2.47. The van der Waals surface area contributed by atoms with Gasteiger partial charge in [0.25, 0.3) is 5.91 Å². The molecule has 0 saturated carbocycles. The van der Waals surface area contributed by atoms with Gasteiger partial charge in [0, 0.05) is 67.2 Å². The van der Waals surface area contributed by atoms with Crippen molar-refractivity contribution in [1.29, 1.82) is 0 Å². The Bertz CT molecular complexity index is 1540. The molecule has 0 bridgehead atoms. The van der Waals surface area contributed by atoms with Crippen molar-refractivity contribution in [1.82, 2.24) is 40.7 Å². The molecule has 3 aliphatic rings. The zero-order chi connectivity index (χ0) is 24.4. The lowest BCUT2D eigenvalue weighted by molar-refractivity contribution is -0.113. The molecule has 12 nitrogen and oxygen atoms in total. The second-order valence-electron chi connectivity index (χ2n) is 9.91. The molecule has 2 saturated heterocycles. The predicted octanol–water partition coefficient (Wildman–Crippen LogP) is 1.38. The van der Waals surface area contributed by atoms with Crippen LogP contribution in [0.2, 0.25) is 0 Å². The van der Waals surface area contributed by atoms with Crippen LogP contribution in [0, 0.1) is 5.41 Å². The molecule has 1 aromatic carbocycles. The Balaban J connectivity index is 1.15. The first-order valence-corrected chi connectivity index (χ1v) is 11.9. The van der Waals surface area contributed by atoms with Gasteiger partial charge in [-0.1, -0.05) is 5.10 Å². The van der Waals surface area contributed by atoms with Gasteiger partial charge >= 0.3 is 0 Å². The van der Waals surface area contributed by atoms with Crippen molar-refractivity contribution in [3.8, 4) is 11.3 Å². The van der Waals surface area contributed by atoms with Crippen LogP contribution in [0.15, 0.2) is 47.8 Å². The number of pyridine rings is 1. The lowest BCUT2D eigenvalue weighted by Gasteiger charge is -2.56. The van der Waals surface area contributed by atoms with Crippen LogP contribution in [0.5, 0.6) is 0 Å². The van der Waals surface area contributed by atoms with Crippen molar-refractivity contribution in [2.45, 2.75) is 13.5 Å². The van der Waals surface area contributed by atoms with E-state index in [4.69, 9.17) is 0 Å². The Kier molecular flexibility index (Phi) is 4.43. The van der Waals surface area contributed by atoms with Gasteiger partial charge in [-0.15, -0.1) is 0 Å². The highest BCUT2D eigenvalue weighted by molar-refractivity contribution is 6.06. The monoisotopic (exact) mass is 483 g/mol. The third-order valence-corrected chi connectivity index (χ3v) is 7.55. The Labute approximate surface area is 206 Å². The van der Waals surface area contributed by atoms with Crippen LogP contribution in [0.25, 0.3) is 22.2 Å². The zero-order valence-electron chi connectivity index (χ0n) is 20.0. The number of carbonyl (C=O) groups is 1. The number of nitrogens with one attached hydrogen (secondary N) is 3. The Morgan fingerprint density at radius 2 is 2.03 bits per heavy atom. The molecule has 36 heavy (non-hydrogen) atoms. The summed E-state index contributed by atoms with van der Waals surface area (Å²) in [5, 5.41) is 26.8. The molecule has 3 aromatic heterocycles. The van der Waals surface area contributed by atoms with E-state index in [1.54, 1.807) is 4.68 Å². The van der Waals surface area contributed by atoms with Gasteiger partial charge in [-0.2, -0.15) is 5.10 Å². The number of nitrogens with zero attached hydrogens (tertiary/aromatic N) is 8. The SMILES string of the molecule is CC1=C(C(=O)Nc2ccc3[nH]nc(-c4ccnc(N5CC6(CNC6)C5)c4)c3c2)Cn2nnnc2N1C. The summed E-state index contributed by atoms with van der Waals surface area (Å²) in [5.41, 5.74) is 5.26. The summed E-state index contributed by atoms with van der Waals surface area (Å²) in [6.45, 7) is 6.45. The molecule has 4 aromatic rings. The van der Waals surface area contributed by atoms with Gasteiger partial charge in [-0.05, 0) is 47.7 Å². The van der Waals surface area contributed by atoms with Crippen molar-refractivity contribution >= 4 is 34.3 Å². The van der Waals surface area contributed by atoms with Crippen LogP contribution in [0.3, 0.4) is 0 Å². The van der Waals surface area contributed by atoms with Crippen molar-refractivity contribution in [3.63, 3.8) is 0 Å². The summed E-state index contributed by atoms with van der Waals surface area (Å²) < 4.78 is 1.61. The average Bonchev–Trinajstić information content (AvgIpc) is 3.47. The molecular weight excluding hydrogens is 458 g/mol. The molecule has 0 radical (unpaired) electrons. The van der Waals surface area contributed by atoms with Crippen LogP contribution in [0.1, 0.15) is 6.92 Å². The molecule has 2 fully saturated rings. The number of amides is 1. The number of hydrogen-bond donors (Lipinski definition) is 3. The fraction of sp³-hybridized carbons (Fsp3) is 0.333. The molecule has 1 spiro atoms. The standard InChI is InChI=1S/C24H25N11O/c1-14-18(9-35-23(33(14)2)30-31-32-35)22(36)27-16-3-4-19-17(8-16)21(29-28-19)15-5-6-26-20(7-15)34-12-24(13-34)10-25-11-24/h3-8,25H,9-13H2,1-2H3,(H,27,36)(H,28,29). The highest BCUT2D eigenvalue weighted by Crippen LogP contribution is 2.38. The predicted molar refractivity (Wildman–Crippen MR) is 134 cm³/mol. The number of allylic oxidation sites excluding steroid dienone is 1. The molecule has 7 rings (SSSR count). The first-order chi connectivity index (χ1) is 17.5. The number of rotatable bonds is 4. The Morgan fingerprint density at radius 1 is 1.17 bits per heavy atom. The minimum atomic E-state index is -0.187. The molecule has 12 heteroatoms. The van der Waals surface area contributed by atoms with Crippen molar-refractivity contribution in [3.05, 3.63) is 47.8 Å². The lowest BCUT2D eigenvalue weighted by Crippen LogP contribution is -2.71. The largest absolute Gasteiger partial charge is 0.355 e. The van der Waals surface area contributed by atoms with Gasteiger partial charge in [-0.3, -0.25) is 9.89 Å². The first kappa shape index (κ1) is 21.0. The third kappa shape index (κ3) is 3.18. The van der Waals surface area contributed by atoms with Crippen LogP contribution in [-0.2, 0) is 11.3 Å². The maximum Gasteiger partial charge on any atom is 0.255 e. The molecule has 3 aliphatic heterocycles. The van der Waals surface area contributed by atoms with Gasteiger partial charge in [0.1, 0.15) is 11.5 Å². The molecule has 182 valence electrons. The fourth-order valence-corrected chi connectivity index (χ4v) is 5.28. The van der Waals surface area contributed by atoms with Crippen LogP contribution < -0.4 is 20.4 Å². The maximum atomic E-state index is 13.2. The van der Waals surface area contributed by atoms with Gasteiger partial charge in [0.2, 0.25) is 5.95 Å². The minimum Gasteiger partial charge on any atom is -0.355 e. The van der Waals surface area contributed by atoms with Gasteiger partial charge in [0.15, 0.2) is 0 Å². The number of carbonyl (C=O) groups excluding carboxylic acids is 1. The molecule has 0 unspecified atom stereocenters. The molecule has 0 aliphatic carbocycles. The quantitative estimate of drug-likeness (QED) is 0.394. The van der Waals surface area contributed by atoms with E-state index in [1.165, 1.54) is 0 Å². The number of H-pyrrole nitrogens is 1. The fourth-order valence-electron chi connectivity index (χ4n) is 5.28. The van der Waals surface area contributed by atoms with E-state index in [0.29, 0.717) is 29.2 Å². The number of aromatic nitrogens is 7. The Morgan fingerprint density at radius 3 is 2.83 bits per heavy atom. The topological polar surface area (TPSA) is 133 Å². The van der Waals surface area contributed by atoms with Crippen LogP contribution in [-0.4, -0.2) is 74.5 Å². The molecular formula is C24H25N11O. The van der Waals surface area contributed by atoms with E-state index < -0.39 is 0 Å². The first-order valence-electron chi connectivity index (χ1n) is 11.9. The van der Waals surface area contributed by atoms with E-state index in [-0.39, 0.29) is 5.91 Å². The molecule has 0 atom stereocenters. The summed E-state index contributed by atoms with van der Waals surface area (Å²) in [7, 11) is 1.85. The normalized spacial score (nSPS) is 18.3. The van der Waals surface area contributed by atoms with Gasteiger partial charge < -0.3 is 20.4 Å². The number of fused-ring (bicyclic) bond motifs is 2. The average molecular weight is 484 g/mol. The van der Waals surface area contributed by atoms with Crippen molar-refractivity contribution < 1.29 is 4.79 Å². The zero-order valence-corrected chi connectivity index (χ0v) is 20.0. The Hall–Kier alpha value is -4.32. The smallest absolute Gasteiger partial charge is 0.255 e. The van der Waals surface area contributed by atoms with Gasteiger partial charge in [-0.25, -0.2) is 9.67 Å². The summed E-state index contributed by atoms with van der Waals surface area (Å²) >= 11 is 0. The lowest BCUT2D eigenvalue weighted by atomic mass is 9.74. The molecule has 3 N–H and O–H groups in total. The molecule has 1 amide bonds. The summed E-state index contributed by atoms with van der Waals surface area (Å²) in [6, 6.07) is 9.82. The van der Waals surface area contributed by atoms with Crippen molar-refractivity contribution in [2.75, 3.05) is 48.3 Å². The number of hydrogen-bond acceptors (Lipinski definition) is 9. The summed E-state index contributed by atoms with van der Waals surface area (Å²) in [4.78, 5) is 21.9. The van der Waals surface area contributed by atoms with Gasteiger partial charge in [0.05, 0.1) is 17.6 Å². The second kappa shape index (κ2) is 7.59. The summed E-state index contributed by atoms with van der Waals surface area (Å²) in [5.74, 6) is 1.40. The maximum absolute atomic E-state index is 13.2. The van der Waals surface area contributed by atoms with Crippen LogP contribution >= 0.6 is 0 Å². The van der Waals surface area contributed by atoms with E-state index in [9.17, 15) is 4.79 Å². The van der Waals surface area contributed by atoms with E-state index >= 15 is 0 Å². The van der Waals surface area contributed by atoms with E-state index in [2.05, 4.69) is 52.3 Å². The number of tetrazole rings is 1. The van der Waals surface area contributed by atoms with E-state index in [0.717, 1.165) is 59.9 Å².